The molecule has 0 radical (unpaired) electrons. The van der Waals surface area contributed by atoms with Gasteiger partial charge in [0.1, 0.15) is 0 Å². The first kappa shape index (κ1) is 12.2. The zero-order valence-electron chi connectivity index (χ0n) is 11.2. The lowest BCUT2D eigenvalue weighted by atomic mass is 10.1. The lowest BCUT2D eigenvalue weighted by Gasteiger charge is -2.37. The minimum Gasteiger partial charge on any atom is -0.334 e. The van der Waals surface area contributed by atoms with Crippen molar-refractivity contribution in [2.45, 2.75) is 25.9 Å². The molecule has 2 atom stereocenters. The molecule has 2 aromatic rings. The number of hydrogen-bond acceptors (Lipinski definition) is 3. The van der Waals surface area contributed by atoms with Crippen molar-refractivity contribution in [2.75, 3.05) is 13.1 Å². The molecule has 5 heteroatoms. The summed E-state index contributed by atoms with van der Waals surface area (Å²) >= 11 is 0. The van der Waals surface area contributed by atoms with Gasteiger partial charge in [0.15, 0.2) is 5.82 Å². The Bertz CT molecular complexity index is 573. The van der Waals surface area contributed by atoms with Crippen LogP contribution in [-0.4, -0.2) is 45.9 Å². The molecular formula is C14H18N4O. The molecule has 1 fully saturated rings. The Morgan fingerprint density at radius 3 is 2.95 bits per heavy atom. The van der Waals surface area contributed by atoms with Crippen molar-refractivity contribution in [1.29, 1.82) is 0 Å². The Hall–Kier alpha value is -1.88. The van der Waals surface area contributed by atoms with E-state index in [1.807, 2.05) is 29.2 Å². The van der Waals surface area contributed by atoms with Gasteiger partial charge in [-0.25, -0.2) is 4.98 Å². The second-order valence-corrected chi connectivity index (χ2v) is 5.22. The van der Waals surface area contributed by atoms with Crippen LogP contribution in [0.1, 0.15) is 24.5 Å². The standard InChI is InChI=1S/C14H18N4O/c1-9-8-18(10(2)7-15-9)14(19)13-16-11-5-3-4-6-12(11)17-13/h3-6,9-10,15H,7-8H2,1-2H3,(H,16,17)/t9-,10-/m1/s1. The van der Waals surface area contributed by atoms with E-state index in [1.54, 1.807) is 0 Å². The highest BCUT2D eigenvalue weighted by Gasteiger charge is 2.28. The lowest BCUT2D eigenvalue weighted by molar-refractivity contribution is 0.0605. The number of carbonyl (C=O) groups is 1. The molecular weight excluding hydrogens is 240 g/mol. The van der Waals surface area contributed by atoms with Gasteiger partial charge in [-0.15, -0.1) is 0 Å². The predicted octanol–water partition coefficient (Wildman–Crippen LogP) is 1.39. The predicted molar refractivity (Wildman–Crippen MR) is 74.1 cm³/mol. The molecule has 0 saturated carbocycles. The van der Waals surface area contributed by atoms with Crippen LogP contribution < -0.4 is 5.32 Å². The monoisotopic (exact) mass is 258 g/mol. The Morgan fingerprint density at radius 2 is 2.16 bits per heavy atom. The maximum atomic E-state index is 12.5. The van der Waals surface area contributed by atoms with Crippen molar-refractivity contribution in [3.8, 4) is 0 Å². The SMILES string of the molecule is C[C@@H]1CN(C(=O)c2nc3ccccc3[nH]2)[C@H](C)CN1. The Morgan fingerprint density at radius 1 is 1.37 bits per heavy atom. The number of piperazine rings is 1. The van der Waals surface area contributed by atoms with Gasteiger partial charge in [0.2, 0.25) is 0 Å². The maximum absolute atomic E-state index is 12.5. The zero-order valence-corrected chi connectivity index (χ0v) is 11.2. The molecule has 2 N–H and O–H groups in total. The maximum Gasteiger partial charge on any atom is 0.290 e. The van der Waals surface area contributed by atoms with E-state index in [-0.39, 0.29) is 11.9 Å². The summed E-state index contributed by atoms with van der Waals surface area (Å²) < 4.78 is 0. The summed E-state index contributed by atoms with van der Waals surface area (Å²) in [5.41, 5.74) is 1.74. The number of para-hydroxylation sites is 2. The molecule has 1 aromatic carbocycles. The summed E-state index contributed by atoms with van der Waals surface area (Å²) in [6.07, 6.45) is 0. The molecule has 0 spiro atoms. The number of nitrogens with one attached hydrogen (secondary N) is 2. The van der Waals surface area contributed by atoms with Gasteiger partial charge < -0.3 is 15.2 Å². The van der Waals surface area contributed by atoms with E-state index >= 15 is 0 Å². The van der Waals surface area contributed by atoms with Gasteiger partial charge in [-0.1, -0.05) is 12.1 Å². The molecule has 0 bridgehead atoms. The number of amides is 1. The molecule has 0 unspecified atom stereocenters. The van der Waals surface area contributed by atoms with Crippen molar-refractivity contribution in [1.82, 2.24) is 20.2 Å². The second kappa shape index (κ2) is 4.66. The molecule has 5 nitrogen and oxygen atoms in total. The van der Waals surface area contributed by atoms with Gasteiger partial charge in [-0.3, -0.25) is 4.79 Å². The number of H-pyrrole nitrogens is 1. The minimum absolute atomic E-state index is 0.0166. The molecule has 0 aliphatic carbocycles. The average molecular weight is 258 g/mol. The van der Waals surface area contributed by atoms with Crippen molar-refractivity contribution in [2.24, 2.45) is 0 Å². The van der Waals surface area contributed by atoms with E-state index < -0.39 is 0 Å². The number of fused-ring (bicyclic) bond motifs is 1. The smallest absolute Gasteiger partial charge is 0.290 e. The number of aromatic amines is 1. The van der Waals surface area contributed by atoms with Gasteiger partial charge >= 0.3 is 0 Å². The number of benzene rings is 1. The first-order valence-electron chi connectivity index (χ1n) is 6.64. The van der Waals surface area contributed by atoms with Crippen LogP contribution in [0.2, 0.25) is 0 Å². The topological polar surface area (TPSA) is 61.0 Å². The third-order valence-corrected chi connectivity index (χ3v) is 3.62. The molecule has 2 heterocycles. The Balaban J connectivity index is 1.90. The van der Waals surface area contributed by atoms with Crippen molar-refractivity contribution >= 4 is 16.9 Å². The molecule has 1 saturated heterocycles. The number of rotatable bonds is 1. The van der Waals surface area contributed by atoms with Gasteiger partial charge in [0, 0.05) is 25.2 Å². The quantitative estimate of drug-likeness (QED) is 0.812. The number of aromatic nitrogens is 2. The normalized spacial score (nSPS) is 23.8. The first-order valence-corrected chi connectivity index (χ1v) is 6.64. The lowest BCUT2D eigenvalue weighted by Crippen LogP contribution is -2.56. The van der Waals surface area contributed by atoms with E-state index in [1.165, 1.54) is 0 Å². The van der Waals surface area contributed by atoms with Crippen molar-refractivity contribution < 1.29 is 4.79 Å². The summed E-state index contributed by atoms with van der Waals surface area (Å²) in [7, 11) is 0. The fourth-order valence-corrected chi connectivity index (χ4v) is 2.49. The summed E-state index contributed by atoms with van der Waals surface area (Å²) in [5, 5.41) is 3.37. The number of imidazole rings is 1. The molecule has 3 rings (SSSR count). The van der Waals surface area contributed by atoms with Gasteiger partial charge in [-0.05, 0) is 26.0 Å². The van der Waals surface area contributed by atoms with E-state index in [2.05, 4.69) is 29.1 Å². The fraction of sp³-hybridized carbons (Fsp3) is 0.429. The van der Waals surface area contributed by atoms with Crippen LogP contribution in [0.5, 0.6) is 0 Å². The van der Waals surface area contributed by atoms with Crippen LogP contribution in [0.15, 0.2) is 24.3 Å². The summed E-state index contributed by atoms with van der Waals surface area (Å²) in [6.45, 7) is 5.69. The molecule has 100 valence electrons. The van der Waals surface area contributed by atoms with E-state index in [0.717, 1.165) is 24.1 Å². The second-order valence-electron chi connectivity index (χ2n) is 5.22. The molecule has 1 aliphatic heterocycles. The Labute approximate surface area is 112 Å². The largest absolute Gasteiger partial charge is 0.334 e. The number of nitrogens with zero attached hydrogens (tertiary/aromatic N) is 2. The van der Waals surface area contributed by atoms with Gasteiger partial charge in [0.25, 0.3) is 5.91 Å². The third-order valence-electron chi connectivity index (χ3n) is 3.62. The average Bonchev–Trinajstić information content (AvgIpc) is 2.84. The summed E-state index contributed by atoms with van der Waals surface area (Å²) in [4.78, 5) is 21.9. The van der Waals surface area contributed by atoms with Crippen molar-refractivity contribution in [3.05, 3.63) is 30.1 Å². The molecule has 1 aromatic heterocycles. The highest BCUT2D eigenvalue weighted by Crippen LogP contribution is 2.14. The number of hydrogen-bond donors (Lipinski definition) is 2. The minimum atomic E-state index is -0.0166. The van der Waals surface area contributed by atoms with Crippen LogP contribution in [0.3, 0.4) is 0 Å². The van der Waals surface area contributed by atoms with Crippen LogP contribution in [0.25, 0.3) is 11.0 Å². The van der Waals surface area contributed by atoms with Crippen LogP contribution in [0, 0.1) is 0 Å². The Kier molecular flexibility index (Phi) is 2.98. The molecule has 19 heavy (non-hydrogen) atoms. The van der Waals surface area contributed by atoms with Crippen LogP contribution in [-0.2, 0) is 0 Å². The van der Waals surface area contributed by atoms with Gasteiger partial charge in [-0.2, -0.15) is 0 Å². The summed E-state index contributed by atoms with van der Waals surface area (Å²) in [5.74, 6) is 0.416. The number of carbonyl (C=O) groups excluding carboxylic acids is 1. The summed E-state index contributed by atoms with van der Waals surface area (Å²) in [6, 6.07) is 8.22. The van der Waals surface area contributed by atoms with E-state index in [0.29, 0.717) is 11.9 Å². The highest BCUT2D eigenvalue weighted by atomic mass is 16.2. The molecule has 1 aliphatic rings. The fourth-order valence-electron chi connectivity index (χ4n) is 2.49. The highest BCUT2D eigenvalue weighted by molar-refractivity contribution is 5.94. The molecule has 1 amide bonds. The zero-order chi connectivity index (χ0) is 13.4. The van der Waals surface area contributed by atoms with E-state index in [4.69, 9.17) is 0 Å². The first-order chi connectivity index (χ1) is 9.15. The van der Waals surface area contributed by atoms with Crippen molar-refractivity contribution in [3.63, 3.8) is 0 Å². The van der Waals surface area contributed by atoms with Crippen LogP contribution >= 0.6 is 0 Å². The third kappa shape index (κ3) is 2.21. The van der Waals surface area contributed by atoms with Crippen LogP contribution in [0.4, 0.5) is 0 Å². The van der Waals surface area contributed by atoms with Gasteiger partial charge in [0.05, 0.1) is 11.0 Å². The van der Waals surface area contributed by atoms with E-state index in [9.17, 15) is 4.79 Å².